The molecule has 3 aromatic carbocycles. The van der Waals surface area contributed by atoms with Crippen molar-refractivity contribution in [1.29, 1.82) is 0 Å². The number of aryl methyl sites for hydroxylation is 1. The Morgan fingerprint density at radius 3 is 2.33 bits per heavy atom. The number of rotatable bonds is 4. The zero-order chi connectivity index (χ0) is 23.1. The Morgan fingerprint density at radius 2 is 1.61 bits per heavy atom. The molecule has 0 amide bonds. The maximum Gasteiger partial charge on any atom is 0.266 e. The van der Waals surface area contributed by atoms with Gasteiger partial charge in [-0.15, -0.1) is 0 Å². The number of aromatic nitrogens is 3. The quantitative estimate of drug-likeness (QED) is 0.329. The summed E-state index contributed by atoms with van der Waals surface area (Å²) >= 11 is 6.10. The van der Waals surface area contributed by atoms with Gasteiger partial charge in [0.05, 0.1) is 36.5 Å². The van der Waals surface area contributed by atoms with E-state index in [2.05, 4.69) is 0 Å². The van der Waals surface area contributed by atoms with E-state index >= 15 is 0 Å². The first-order valence-corrected chi connectivity index (χ1v) is 10.7. The van der Waals surface area contributed by atoms with Gasteiger partial charge in [-0.05, 0) is 49.4 Å². The molecule has 0 atom stereocenters. The molecule has 0 spiro atoms. The van der Waals surface area contributed by atoms with Crippen LogP contribution < -0.4 is 15.0 Å². The fraction of sp³-hybridized carbons (Fsp3) is 0.115. The number of halogens is 1. The molecule has 2 aromatic heterocycles. The lowest BCUT2D eigenvalue weighted by Crippen LogP contribution is -2.23. The summed E-state index contributed by atoms with van der Waals surface area (Å²) in [5.74, 6) is 1.83. The van der Waals surface area contributed by atoms with Crippen LogP contribution in [0.15, 0.2) is 71.5 Å². The van der Waals surface area contributed by atoms with Crippen molar-refractivity contribution in [3.8, 4) is 28.4 Å². The summed E-state index contributed by atoms with van der Waals surface area (Å²) in [6.07, 6.45) is 0. The van der Waals surface area contributed by atoms with Crippen LogP contribution in [0.3, 0.4) is 0 Å². The number of fused-ring (bicyclic) bond motifs is 3. The molecule has 0 saturated heterocycles. The van der Waals surface area contributed by atoms with Crippen molar-refractivity contribution in [2.24, 2.45) is 0 Å². The van der Waals surface area contributed by atoms with Gasteiger partial charge in [-0.3, -0.25) is 9.36 Å². The number of ether oxygens (including phenoxy) is 2. The predicted octanol–water partition coefficient (Wildman–Crippen LogP) is 5.58. The maximum absolute atomic E-state index is 14.0. The second-order valence-corrected chi connectivity index (χ2v) is 8.01. The zero-order valence-corrected chi connectivity index (χ0v) is 19.1. The topological polar surface area (TPSA) is 66.2 Å². The Balaban J connectivity index is 1.93. The molecule has 2 heterocycles. The van der Waals surface area contributed by atoms with Gasteiger partial charge in [0.2, 0.25) is 0 Å². The first-order chi connectivity index (χ1) is 16.0. The normalized spacial score (nSPS) is 11.2. The smallest absolute Gasteiger partial charge is 0.266 e. The molecular formula is C26H20ClN3O3. The Bertz CT molecular complexity index is 1580. The van der Waals surface area contributed by atoms with Gasteiger partial charge in [0.25, 0.3) is 5.56 Å². The van der Waals surface area contributed by atoms with E-state index < -0.39 is 0 Å². The van der Waals surface area contributed by atoms with Gasteiger partial charge in [-0.25, -0.2) is 9.97 Å². The van der Waals surface area contributed by atoms with E-state index in [1.807, 2.05) is 61.5 Å². The van der Waals surface area contributed by atoms with Gasteiger partial charge in [-0.2, -0.15) is 0 Å². The highest BCUT2D eigenvalue weighted by molar-refractivity contribution is 6.30. The Kier molecular flexibility index (Phi) is 5.23. The van der Waals surface area contributed by atoms with Crippen LogP contribution in [-0.4, -0.2) is 28.8 Å². The highest BCUT2D eigenvalue weighted by Gasteiger charge is 2.19. The lowest BCUT2D eigenvalue weighted by Gasteiger charge is -2.15. The summed E-state index contributed by atoms with van der Waals surface area (Å²) in [6, 6.07) is 20.2. The van der Waals surface area contributed by atoms with E-state index in [1.165, 1.54) is 0 Å². The average Bonchev–Trinajstić information content (AvgIpc) is 2.83. The van der Waals surface area contributed by atoms with Gasteiger partial charge >= 0.3 is 0 Å². The molecule has 5 rings (SSSR count). The van der Waals surface area contributed by atoms with Crippen LogP contribution in [0.25, 0.3) is 38.8 Å². The first kappa shape index (κ1) is 21.0. The molecule has 0 saturated carbocycles. The monoisotopic (exact) mass is 457 g/mol. The number of hydrogen-bond acceptors (Lipinski definition) is 5. The van der Waals surface area contributed by atoms with Crippen molar-refractivity contribution >= 4 is 33.4 Å². The second kappa shape index (κ2) is 8.22. The van der Waals surface area contributed by atoms with Crippen molar-refractivity contribution < 1.29 is 9.47 Å². The number of methoxy groups -OCH3 is 2. The van der Waals surface area contributed by atoms with Gasteiger partial charge in [0, 0.05) is 22.0 Å². The summed E-state index contributed by atoms with van der Waals surface area (Å²) in [6.45, 7) is 1.81. The predicted molar refractivity (Wildman–Crippen MR) is 131 cm³/mol. The molecule has 0 fully saturated rings. The third kappa shape index (κ3) is 3.58. The molecule has 164 valence electrons. The van der Waals surface area contributed by atoms with Crippen LogP contribution in [0, 0.1) is 6.92 Å². The Labute approximate surface area is 195 Å². The molecule has 0 bridgehead atoms. The zero-order valence-electron chi connectivity index (χ0n) is 18.3. The Morgan fingerprint density at radius 1 is 0.879 bits per heavy atom. The van der Waals surface area contributed by atoms with Crippen LogP contribution in [0.1, 0.15) is 5.82 Å². The first-order valence-electron chi connectivity index (χ1n) is 10.3. The molecule has 5 aromatic rings. The van der Waals surface area contributed by atoms with Crippen molar-refractivity contribution in [3.63, 3.8) is 0 Å². The minimum Gasteiger partial charge on any atom is -0.497 e. The largest absolute Gasteiger partial charge is 0.497 e. The van der Waals surface area contributed by atoms with Crippen LogP contribution in [0.2, 0.25) is 5.02 Å². The highest BCUT2D eigenvalue weighted by atomic mass is 35.5. The summed E-state index contributed by atoms with van der Waals surface area (Å²) in [4.78, 5) is 23.7. The lowest BCUT2D eigenvalue weighted by molar-refractivity contribution is 0.414. The van der Waals surface area contributed by atoms with Gasteiger partial charge < -0.3 is 9.47 Å². The van der Waals surface area contributed by atoms with Crippen molar-refractivity contribution in [2.45, 2.75) is 6.92 Å². The molecule has 7 heteroatoms. The van der Waals surface area contributed by atoms with Gasteiger partial charge in [0.15, 0.2) is 0 Å². The molecule has 33 heavy (non-hydrogen) atoms. The van der Waals surface area contributed by atoms with Crippen LogP contribution in [0.5, 0.6) is 11.5 Å². The lowest BCUT2D eigenvalue weighted by atomic mass is 10.0. The maximum atomic E-state index is 14.0. The van der Waals surface area contributed by atoms with E-state index in [1.54, 1.807) is 30.9 Å². The fourth-order valence-corrected chi connectivity index (χ4v) is 4.14. The third-order valence-electron chi connectivity index (χ3n) is 5.61. The molecule has 0 unspecified atom stereocenters. The van der Waals surface area contributed by atoms with Gasteiger partial charge in [-0.1, -0.05) is 29.8 Å². The Hall–Kier alpha value is -3.90. The van der Waals surface area contributed by atoms with Gasteiger partial charge in [0.1, 0.15) is 22.8 Å². The molecule has 0 N–H and O–H groups in total. The van der Waals surface area contributed by atoms with Crippen LogP contribution in [-0.2, 0) is 0 Å². The van der Waals surface area contributed by atoms with Crippen molar-refractivity contribution in [1.82, 2.24) is 14.5 Å². The molecule has 0 radical (unpaired) electrons. The molecule has 0 aliphatic carbocycles. The van der Waals surface area contributed by atoms with Crippen LogP contribution in [0.4, 0.5) is 0 Å². The number of hydrogen-bond donors (Lipinski definition) is 0. The minimum atomic E-state index is -0.193. The summed E-state index contributed by atoms with van der Waals surface area (Å²) in [5, 5.41) is 1.77. The van der Waals surface area contributed by atoms with E-state index in [9.17, 15) is 4.79 Å². The molecular weight excluding hydrogens is 438 g/mol. The number of nitrogens with zero attached hydrogens (tertiary/aromatic N) is 3. The fourth-order valence-electron chi connectivity index (χ4n) is 4.02. The van der Waals surface area contributed by atoms with Crippen LogP contribution >= 0.6 is 11.6 Å². The number of benzene rings is 3. The summed E-state index contributed by atoms with van der Waals surface area (Å²) < 4.78 is 12.4. The SMILES string of the molecule is COc1cccc(-n2c(C)nc3c(-c4ccc(Cl)cc4)nc4ccc(OC)cc4c3c2=O)c1. The highest BCUT2D eigenvalue weighted by Crippen LogP contribution is 2.32. The molecule has 6 nitrogen and oxygen atoms in total. The third-order valence-corrected chi connectivity index (χ3v) is 5.86. The van der Waals surface area contributed by atoms with Crippen molar-refractivity contribution in [2.75, 3.05) is 14.2 Å². The second-order valence-electron chi connectivity index (χ2n) is 7.58. The van der Waals surface area contributed by atoms with Crippen molar-refractivity contribution in [3.05, 3.63) is 87.9 Å². The summed E-state index contributed by atoms with van der Waals surface area (Å²) in [7, 11) is 3.19. The average molecular weight is 458 g/mol. The summed E-state index contributed by atoms with van der Waals surface area (Å²) in [5.41, 5.74) is 3.13. The van der Waals surface area contributed by atoms with E-state index in [0.717, 1.165) is 5.56 Å². The molecule has 0 aliphatic rings. The standard InChI is InChI=1S/C26H20ClN3O3/c1-15-28-25-23(26(31)30(15)18-5-4-6-19(13-18)32-2)21-14-20(33-3)11-12-22(21)29-24(25)16-7-9-17(27)10-8-16/h4-14H,1-3H3. The van der Waals surface area contributed by atoms with E-state index in [-0.39, 0.29) is 5.56 Å². The van der Waals surface area contributed by atoms with E-state index in [4.69, 9.17) is 31.0 Å². The molecule has 0 aliphatic heterocycles. The number of pyridine rings is 1. The minimum absolute atomic E-state index is 0.193. The van der Waals surface area contributed by atoms with E-state index in [0.29, 0.717) is 55.5 Å².